The van der Waals surface area contributed by atoms with E-state index in [1.165, 1.54) is 55.7 Å². The van der Waals surface area contributed by atoms with Gasteiger partial charge in [-0.3, -0.25) is 4.57 Å². The van der Waals surface area contributed by atoms with Gasteiger partial charge >= 0.3 is 0 Å². The number of para-hydroxylation sites is 5. The summed E-state index contributed by atoms with van der Waals surface area (Å²) in [5, 5.41) is 2.54. The third kappa shape index (κ3) is 7.09. The zero-order valence-electron chi connectivity index (χ0n) is 35.9. The summed E-state index contributed by atoms with van der Waals surface area (Å²) in [5.41, 5.74) is 14.5. The number of imidazole rings is 1. The second-order valence-corrected chi connectivity index (χ2v) is 18.6. The topological polar surface area (TPSA) is 27.7 Å². The van der Waals surface area contributed by atoms with Crippen LogP contribution in [0.15, 0.2) is 158 Å². The van der Waals surface area contributed by atoms with Gasteiger partial charge in [0.25, 0.3) is 0 Å². The molecular weight excluding hydrogens is 717 g/mol. The molecule has 4 nitrogen and oxygen atoms in total. The molecule has 0 fully saturated rings. The Bertz CT molecular complexity index is 2830. The Labute approximate surface area is 349 Å². The van der Waals surface area contributed by atoms with Gasteiger partial charge in [0.2, 0.25) is 0 Å². The lowest BCUT2D eigenvalue weighted by atomic mass is 9.83. The van der Waals surface area contributed by atoms with Gasteiger partial charge in [0.05, 0.1) is 22.1 Å². The molecule has 2 atom stereocenters. The largest absolute Gasteiger partial charge is 0.313 e. The van der Waals surface area contributed by atoms with E-state index in [9.17, 15) is 0 Å². The molecule has 9 aromatic rings. The maximum Gasteiger partial charge on any atom is 0.145 e. The molecule has 0 saturated heterocycles. The molecule has 296 valence electrons. The molecule has 0 amide bonds. The van der Waals surface area contributed by atoms with Crippen LogP contribution in [-0.2, 0) is 10.8 Å². The third-order valence-electron chi connectivity index (χ3n) is 12.3. The van der Waals surface area contributed by atoms with Crippen LogP contribution >= 0.6 is 0 Å². The average molecular weight is 773 g/mol. The maximum absolute atomic E-state index is 5.21. The van der Waals surface area contributed by atoms with Crippen molar-refractivity contribution in [3.8, 4) is 28.5 Å². The summed E-state index contributed by atoms with van der Waals surface area (Å²) in [7, 11) is 0. The smallest absolute Gasteiger partial charge is 0.145 e. The van der Waals surface area contributed by atoms with Gasteiger partial charge in [-0.15, -0.1) is 0 Å². The molecule has 6 aromatic carbocycles. The van der Waals surface area contributed by atoms with Gasteiger partial charge in [-0.25, -0.2) is 4.98 Å². The van der Waals surface area contributed by atoms with Crippen LogP contribution in [0.3, 0.4) is 0 Å². The fraction of sp³-hybridized carbons (Fsp3) is 0.255. The van der Waals surface area contributed by atoms with Crippen LogP contribution in [-0.4, -0.2) is 18.7 Å². The first kappa shape index (κ1) is 38.4. The predicted octanol–water partition coefficient (Wildman–Crippen LogP) is 14.9. The summed E-state index contributed by atoms with van der Waals surface area (Å²) >= 11 is 0. The quantitative estimate of drug-likeness (QED) is 0.144. The number of nitrogens with zero attached hydrogens (tertiary/aromatic N) is 4. The highest BCUT2D eigenvalue weighted by atomic mass is 15.1. The summed E-state index contributed by atoms with van der Waals surface area (Å²) in [6.45, 7) is 18.8. The summed E-state index contributed by atoms with van der Waals surface area (Å²) in [6, 6.07) is 58.1. The molecule has 9 rings (SSSR count). The number of rotatable bonds is 9. The first-order valence-corrected chi connectivity index (χ1v) is 21.4. The van der Waals surface area contributed by atoms with Gasteiger partial charge in [0.15, 0.2) is 0 Å². The van der Waals surface area contributed by atoms with Crippen molar-refractivity contribution in [2.24, 2.45) is 0 Å². The van der Waals surface area contributed by atoms with Crippen LogP contribution in [0.2, 0.25) is 0 Å². The van der Waals surface area contributed by atoms with Gasteiger partial charge in [-0.05, 0) is 109 Å². The molecule has 0 aliphatic carbocycles. The van der Waals surface area contributed by atoms with Crippen LogP contribution in [0.1, 0.15) is 103 Å². The second-order valence-electron chi connectivity index (χ2n) is 18.6. The molecule has 0 radical (unpaired) electrons. The molecule has 0 bridgehead atoms. The lowest BCUT2D eigenvalue weighted by Crippen LogP contribution is -2.18. The van der Waals surface area contributed by atoms with E-state index in [1.54, 1.807) is 0 Å². The van der Waals surface area contributed by atoms with Gasteiger partial charge in [0.1, 0.15) is 5.82 Å². The summed E-state index contributed by atoms with van der Waals surface area (Å²) < 4.78 is 7.35. The predicted molar refractivity (Wildman–Crippen MR) is 250 cm³/mol. The van der Waals surface area contributed by atoms with Gasteiger partial charge in [0, 0.05) is 55.6 Å². The molecule has 0 N–H and O–H groups in total. The van der Waals surface area contributed by atoms with E-state index in [1.807, 2.05) is 0 Å². The minimum Gasteiger partial charge on any atom is -0.313 e. The molecule has 0 spiro atoms. The Morgan fingerprint density at radius 2 is 1.03 bits per heavy atom. The maximum atomic E-state index is 5.21. The van der Waals surface area contributed by atoms with E-state index >= 15 is 0 Å². The highest BCUT2D eigenvalue weighted by molar-refractivity contribution is 5.86. The Balaban J connectivity index is 1.17. The standard InChI is InChI=1S/C55H56N4/c1-9-38(39-22-19-23-42(31-39)53-56-47-26-15-18-29-50(47)59(53)44-24-11-10-12-25-44)30-37(2)43-32-45(57-48-27-16-13-20-40(48)34-51(57)54(3,4)5)36-46(33-43)58-49-28-17-14-21-41(49)35-52(58)55(6,7)8/h10-29,31-38H,9,30H2,1-8H3. The Hall–Kier alpha value is -6.13. The van der Waals surface area contributed by atoms with E-state index < -0.39 is 0 Å². The lowest BCUT2D eigenvalue weighted by molar-refractivity contribution is 0.542. The van der Waals surface area contributed by atoms with Crippen LogP contribution < -0.4 is 0 Å². The van der Waals surface area contributed by atoms with E-state index in [2.05, 4.69) is 227 Å². The Morgan fingerprint density at radius 1 is 0.492 bits per heavy atom. The van der Waals surface area contributed by atoms with Gasteiger partial charge < -0.3 is 9.13 Å². The normalized spacial score (nSPS) is 13.4. The lowest BCUT2D eigenvalue weighted by Gasteiger charge is -2.27. The molecule has 59 heavy (non-hydrogen) atoms. The van der Waals surface area contributed by atoms with Crippen molar-refractivity contribution >= 4 is 32.8 Å². The van der Waals surface area contributed by atoms with E-state index in [0.29, 0.717) is 5.92 Å². The van der Waals surface area contributed by atoms with Gasteiger partial charge in [-0.2, -0.15) is 0 Å². The molecule has 2 unspecified atom stereocenters. The second kappa shape index (κ2) is 14.9. The van der Waals surface area contributed by atoms with Gasteiger partial charge in [-0.1, -0.05) is 140 Å². The summed E-state index contributed by atoms with van der Waals surface area (Å²) in [6.07, 6.45) is 2.07. The Morgan fingerprint density at radius 3 is 1.61 bits per heavy atom. The number of aromatic nitrogens is 4. The van der Waals surface area contributed by atoms with E-state index in [-0.39, 0.29) is 16.7 Å². The fourth-order valence-corrected chi connectivity index (χ4v) is 9.22. The minimum atomic E-state index is -0.0586. The SMILES string of the molecule is CCC(CC(C)c1cc(-n2c(C(C)(C)C)cc3ccccc32)cc(-n2c(C(C)(C)C)cc3ccccc32)c1)c1cccc(-c2nc3ccccc3n2-c2ccccc2)c1. The van der Waals surface area contributed by atoms with Crippen LogP contribution in [0.4, 0.5) is 0 Å². The zero-order chi connectivity index (χ0) is 41.1. The van der Waals surface area contributed by atoms with Crippen molar-refractivity contribution in [3.05, 3.63) is 180 Å². The first-order chi connectivity index (χ1) is 28.4. The van der Waals surface area contributed by atoms with Crippen molar-refractivity contribution in [2.45, 2.75) is 90.9 Å². The zero-order valence-corrected chi connectivity index (χ0v) is 35.9. The number of hydrogen-bond donors (Lipinski definition) is 0. The number of hydrogen-bond acceptors (Lipinski definition) is 1. The van der Waals surface area contributed by atoms with E-state index in [4.69, 9.17) is 4.98 Å². The van der Waals surface area contributed by atoms with Crippen LogP contribution in [0.25, 0.3) is 61.3 Å². The first-order valence-electron chi connectivity index (χ1n) is 21.4. The third-order valence-corrected chi connectivity index (χ3v) is 12.3. The molecule has 0 aliphatic rings. The fourth-order valence-electron chi connectivity index (χ4n) is 9.22. The molecular formula is C55H56N4. The van der Waals surface area contributed by atoms with Crippen LogP contribution in [0.5, 0.6) is 0 Å². The molecule has 0 aliphatic heterocycles. The molecule has 4 heteroatoms. The molecule has 0 saturated carbocycles. The highest BCUT2D eigenvalue weighted by Crippen LogP contribution is 2.40. The highest BCUT2D eigenvalue weighted by Gasteiger charge is 2.27. The van der Waals surface area contributed by atoms with Crippen molar-refractivity contribution in [1.82, 2.24) is 18.7 Å². The van der Waals surface area contributed by atoms with E-state index in [0.717, 1.165) is 41.0 Å². The number of benzene rings is 6. The van der Waals surface area contributed by atoms with Crippen molar-refractivity contribution < 1.29 is 0 Å². The van der Waals surface area contributed by atoms with Crippen molar-refractivity contribution in [3.63, 3.8) is 0 Å². The molecule has 3 heterocycles. The minimum absolute atomic E-state index is 0.0586. The summed E-state index contributed by atoms with van der Waals surface area (Å²) in [4.78, 5) is 5.21. The monoisotopic (exact) mass is 772 g/mol. The van der Waals surface area contributed by atoms with Crippen molar-refractivity contribution in [1.29, 1.82) is 0 Å². The average Bonchev–Trinajstić information content (AvgIpc) is 3.95. The Kier molecular flexibility index (Phi) is 9.70. The van der Waals surface area contributed by atoms with Crippen LogP contribution in [0, 0.1) is 0 Å². The molecule has 3 aromatic heterocycles. The van der Waals surface area contributed by atoms with Crippen molar-refractivity contribution in [2.75, 3.05) is 0 Å². The number of fused-ring (bicyclic) bond motifs is 3. The summed E-state index contributed by atoms with van der Waals surface area (Å²) in [5.74, 6) is 1.62.